The van der Waals surface area contributed by atoms with E-state index in [1.54, 1.807) is 49.6 Å². The number of methoxy groups -OCH3 is 2. The Bertz CT molecular complexity index is 1260. The van der Waals surface area contributed by atoms with E-state index in [1.807, 2.05) is 19.1 Å². The number of rotatable bonds is 6. The van der Waals surface area contributed by atoms with Crippen molar-refractivity contribution in [2.75, 3.05) is 26.1 Å². The molecule has 1 N–H and O–H groups in total. The van der Waals surface area contributed by atoms with Crippen molar-refractivity contribution in [1.82, 2.24) is 4.90 Å². The zero-order valence-corrected chi connectivity index (χ0v) is 20.9. The van der Waals surface area contributed by atoms with Gasteiger partial charge in [-0.15, -0.1) is 0 Å². The molecule has 0 saturated carbocycles. The van der Waals surface area contributed by atoms with Gasteiger partial charge in [0.25, 0.3) is 11.8 Å². The summed E-state index contributed by atoms with van der Waals surface area (Å²) < 4.78 is 16.5. The first-order valence-corrected chi connectivity index (χ1v) is 11.6. The van der Waals surface area contributed by atoms with Gasteiger partial charge in [0.15, 0.2) is 6.61 Å². The van der Waals surface area contributed by atoms with Gasteiger partial charge in [-0.25, -0.2) is 0 Å². The van der Waals surface area contributed by atoms with Gasteiger partial charge in [-0.05, 0) is 37.3 Å². The molecule has 7 nitrogen and oxygen atoms in total. The van der Waals surface area contributed by atoms with Crippen LogP contribution in [-0.4, -0.2) is 37.5 Å². The van der Waals surface area contributed by atoms with Crippen molar-refractivity contribution >= 4 is 40.7 Å². The summed E-state index contributed by atoms with van der Waals surface area (Å²) in [6.07, 6.45) is 0. The van der Waals surface area contributed by atoms with Gasteiger partial charge < -0.3 is 24.4 Å². The fraction of sp³-hybridized carbons (Fsp3) is 0.231. The van der Waals surface area contributed by atoms with Crippen molar-refractivity contribution in [1.29, 1.82) is 0 Å². The minimum atomic E-state index is -1.04. The summed E-state index contributed by atoms with van der Waals surface area (Å²) in [5.41, 5.74) is 2.78. The highest BCUT2D eigenvalue weighted by molar-refractivity contribution is 6.43. The Morgan fingerprint density at radius 2 is 1.83 bits per heavy atom. The Morgan fingerprint density at radius 3 is 2.51 bits per heavy atom. The number of nitrogens with zero attached hydrogens (tertiary/aromatic N) is 1. The Labute approximate surface area is 213 Å². The number of carbonyl (C=O) groups excluding carboxylic acids is 2. The Kier molecular flexibility index (Phi) is 7.38. The molecule has 0 saturated heterocycles. The van der Waals surface area contributed by atoms with E-state index in [9.17, 15) is 9.59 Å². The van der Waals surface area contributed by atoms with Crippen LogP contribution in [-0.2, 0) is 16.1 Å². The van der Waals surface area contributed by atoms with Crippen LogP contribution in [0.15, 0.2) is 54.6 Å². The molecule has 0 fully saturated rings. The lowest BCUT2D eigenvalue weighted by Crippen LogP contribution is -2.41. The van der Waals surface area contributed by atoms with Crippen LogP contribution in [0.2, 0.25) is 10.0 Å². The summed E-state index contributed by atoms with van der Waals surface area (Å²) >= 11 is 12.6. The topological polar surface area (TPSA) is 77.1 Å². The lowest BCUT2D eigenvalue weighted by atomic mass is 10.0. The molecule has 1 unspecified atom stereocenters. The van der Waals surface area contributed by atoms with Crippen LogP contribution in [0.5, 0.6) is 17.2 Å². The molecule has 1 aliphatic heterocycles. The van der Waals surface area contributed by atoms with Crippen LogP contribution < -0.4 is 19.5 Å². The number of benzene rings is 3. The molecule has 2 amide bonds. The third kappa shape index (κ3) is 5.16. The highest BCUT2D eigenvalue weighted by Crippen LogP contribution is 2.42. The van der Waals surface area contributed by atoms with Crippen molar-refractivity contribution in [3.8, 4) is 17.2 Å². The second-order valence-electron chi connectivity index (χ2n) is 8.03. The molecule has 0 bridgehead atoms. The lowest BCUT2D eigenvalue weighted by molar-refractivity contribution is -0.140. The molecule has 0 radical (unpaired) electrons. The molecule has 0 spiro atoms. The Balaban J connectivity index is 1.79. The van der Waals surface area contributed by atoms with E-state index in [1.165, 1.54) is 12.0 Å². The quantitative estimate of drug-likeness (QED) is 0.475. The van der Waals surface area contributed by atoms with Gasteiger partial charge in [0, 0.05) is 22.9 Å². The first kappa shape index (κ1) is 24.7. The van der Waals surface area contributed by atoms with Crippen LogP contribution in [0, 0.1) is 6.92 Å². The van der Waals surface area contributed by atoms with Crippen LogP contribution in [0.3, 0.4) is 0 Å². The van der Waals surface area contributed by atoms with Crippen molar-refractivity contribution in [3.63, 3.8) is 0 Å². The maximum Gasteiger partial charge on any atom is 0.261 e. The van der Waals surface area contributed by atoms with Crippen molar-refractivity contribution in [2.24, 2.45) is 0 Å². The molecular formula is C26H24Cl2N2O5. The zero-order valence-electron chi connectivity index (χ0n) is 19.4. The number of aryl methyl sites for hydroxylation is 1. The van der Waals surface area contributed by atoms with E-state index < -0.39 is 17.9 Å². The first-order valence-electron chi connectivity index (χ1n) is 10.8. The Hall–Kier alpha value is -3.42. The summed E-state index contributed by atoms with van der Waals surface area (Å²) in [5, 5.41) is 3.32. The fourth-order valence-electron chi connectivity index (χ4n) is 3.91. The second-order valence-corrected chi connectivity index (χ2v) is 8.81. The summed E-state index contributed by atoms with van der Waals surface area (Å²) in [7, 11) is 3.09. The maximum absolute atomic E-state index is 13.7. The predicted molar refractivity (Wildman–Crippen MR) is 135 cm³/mol. The fourth-order valence-corrected chi connectivity index (χ4v) is 4.29. The van der Waals surface area contributed by atoms with Gasteiger partial charge >= 0.3 is 0 Å². The molecule has 1 heterocycles. The first-order chi connectivity index (χ1) is 16.8. The number of anilines is 1. The lowest BCUT2D eigenvalue weighted by Gasteiger charge is -2.30. The van der Waals surface area contributed by atoms with Gasteiger partial charge in [-0.2, -0.15) is 0 Å². The monoisotopic (exact) mass is 514 g/mol. The third-order valence-electron chi connectivity index (χ3n) is 5.75. The van der Waals surface area contributed by atoms with Crippen molar-refractivity contribution in [3.05, 3.63) is 81.3 Å². The number of halogens is 2. The van der Waals surface area contributed by atoms with Gasteiger partial charge in [0.1, 0.15) is 28.3 Å². The minimum Gasteiger partial charge on any atom is -0.497 e. The van der Waals surface area contributed by atoms with Crippen LogP contribution in [0.1, 0.15) is 22.7 Å². The number of ether oxygens (including phenoxy) is 3. The molecule has 0 aromatic heterocycles. The van der Waals surface area contributed by atoms with Crippen molar-refractivity contribution < 1.29 is 23.8 Å². The Morgan fingerprint density at radius 1 is 1.09 bits per heavy atom. The van der Waals surface area contributed by atoms with E-state index in [2.05, 4.69) is 5.32 Å². The predicted octanol–water partition coefficient (Wildman–Crippen LogP) is 5.42. The van der Waals surface area contributed by atoms with Crippen LogP contribution in [0.4, 0.5) is 5.69 Å². The van der Waals surface area contributed by atoms with Gasteiger partial charge in [-0.1, -0.05) is 47.0 Å². The molecule has 3 aromatic carbocycles. The number of nitrogens with one attached hydrogen (secondary N) is 1. The highest BCUT2D eigenvalue weighted by atomic mass is 35.5. The summed E-state index contributed by atoms with van der Waals surface area (Å²) in [6.45, 7) is 1.74. The molecule has 35 heavy (non-hydrogen) atoms. The largest absolute Gasteiger partial charge is 0.497 e. The minimum absolute atomic E-state index is 0.0844. The average molecular weight is 515 g/mol. The molecule has 182 valence electrons. The summed E-state index contributed by atoms with van der Waals surface area (Å²) in [6, 6.07) is 14.9. The smallest absolute Gasteiger partial charge is 0.261 e. The summed E-state index contributed by atoms with van der Waals surface area (Å²) in [5.74, 6) is 0.529. The molecule has 4 rings (SSSR count). The second kappa shape index (κ2) is 10.5. The van der Waals surface area contributed by atoms with E-state index in [-0.39, 0.29) is 28.9 Å². The summed E-state index contributed by atoms with van der Waals surface area (Å²) in [4.78, 5) is 28.4. The average Bonchev–Trinajstić information content (AvgIpc) is 3.00. The molecular weight excluding hydrogens is 491 g/mol. The number of hydrogen-bond donors (Lipinski definition) is 1. The molecule has 1 aliphatic rings. The van der Waals surface area contributed by atoms with Crippen LogP contribution >= 0.6 is 23.2 Å². The molecule has 9 heteroatoms. The van der Waals surface area contributed by atoms with Gasteiger partial charge in [-0.3, -0.25) is 9.59 Å². The van der Waals surface area contributed by atoms with E-state index in [4.69, 9.17) is 37.4 Å². The number of fused-ring (bicyclic) bond motifs is 1. The van der Waals surface area contributed by atoms with E-state index in [0.29, 0.717) is 28.3 Å². The van der Waals surface area contributed by atoms with E-state index >= 15 is 0 Å². The van der Waals surface area contributed by atoms with Crippen LogP contribution in [0.25, 0.3) is 0 Å². The number of carbonyl (C=O) groups is 2. The normalized spacial score (nSPS) is 15.1. The number of amides is 2. The third-order valence-corrected chi connectivity index (χ3v) is 6.54. The van der Waals surface area contributed by atoms with Gasteiger partial charge in [0.05, 0.1) is 25.8 Å². The molecule has 0 aliphatic carbocycles. The number of hydrogen-bond acceptors (Lipinski definition) is 5. The molecule has 3 aromatic rings. The van der Waals surface area contributed by atoms with E-state index in [0.717, 1.165) is 5.56 Å². The SMILES string of the molecule is COc1ccc(CN2C(=O)COc3c(ccc(Cl)c3Cl)C2C(=O)Nc2ccc(C)cc2)c(OC)c1. The zero-order chi connectivity index (χ0) is 25.1. The highest BCUT2D eigenvalue weighted by Gasteiger charge is 2.38. The van der Waals surface area contributed by atoms with Gasteiger partial charge in [0.2, 0.25) is 0 Å². The van der Waals surface area contributed by atoms with Crippen molar-refractivity contribution in [2.45, 2.75) is 19.5 Å². The maximum atomic E-state index is 13.7. The molecule has 1 atom stereocenters. The standard InChI is InChI=1S/C26H24Cl2N2O5/c1-15-4-7-17(8-5-15)29-26(32)24-19-10-11-20(27)23(28)25(19)35-14-22(31)30(24)13-16-6-9-18(33-2)12-21(16)34-3/h4-12,24H,13-14H2,1-3H3,(H,29,32).